The predicted molar refractivity (Wildman–Crippen MR) is 116 cm³/mol. The molecule has 0 aliphatic rings. The highest BCUT2D eigenvalue weighted by Crippen LogP contribution is 2.38. The number of benzene rings is 2. The maximum Gasteiger partial charge on any atom is 0.340 e. The molecule has 3 rings (SSSR count). The molecule has 0 amide bonds. The minimum absolute atomic E-state index is 0.267. The van der Waals surface area contributed by atoms with Crippen molar-refractivity contribution in [2.45, 2.75) is 59.9 Å². The van der Waals surface area contributed by atoms with Crippen LogP contribution in [-0.2, 0) is 16.1 Å². The number of rotatable bonds is 8. The second kappa shape index (κ2) is 9.12. The van der Waals surface area contributed by atoms with E-state index in [1.54, 1.807) is 6.92 Å². The van der Waals surface area contributed by atoms with Crippen molar-refractivity contribution in [1.29, 1.82) is 0 Å². The second-order valence-corrected chi connectivity index (χ2v) is 7.23. The first-order valence-electron chi connectivity index (χ1n) is 10.5. The lowest BCUT2D eigenvalue weighted by atomic mass is 10.0. The number of nitrogens with zero attached hydrogens (tertiary/aromatic N) is 1. The summed E-state index contributed by atoms with van der Waals surface area (Å²) in [6, 6.07) is 9.71. The number of ether oxygens (including phenoxy) is 2. The van der Waals surface area contributed by atoms with Crippen molar-refractivity contribution in [3.63, 3.8) is 0 Å². The van der Waals surface area contributed by atoms with Gasteiger partial charge in [0, 0.05) is 34.8 Å². The van der Waals surface area contributed by atoms with Gasteiger partial charge in [0.15, 0.2) is 0 Å². The van der Waals surface area contributed by atoms with Gasteiger partial charge in [0.25, 0.3) is 0 Å². The molecule has 5 heteroatoms. The van der Waals surface area contributed by atoms with Gasteiger partial charge in [-0.25, -0.2) is 4.79 Å². The molecule has 1 heterocycles. The first kappa shape index (κ1) is 20.9. The molecule has 154 valence electrons. The van der Waals surface area contributed by atoms with Gasteiger partial charge < -0.3 is 14.0 Å². The third-order valence-electron chi connectivity index (χ3n) is 5.18. The largest absolute Gasteiger partial charge is 0.462 e. The Morgan fingerprint density at radius 3 is 2.38 bits per heavy atom. The van der Waals surface area contributed by atoms with Crippen LogP contribution in [0.2, 0.25) is 0 Å². The molecule has 0 bridgehead atoms. The van der Waals surface area contributed by atoms with Crippen LogP contribution in [-0.4, -0.2) is 23.1 Å². The van der Waals surface area contributed by atoms with Crippen LogP contribution in [0.1, 0.15) is 62.5 Å². The second-order valence-electron chi connectivity index (χ2n) is 7.23. The summed E-state index contributed by atoms with van der Waals surface area (Å²) in [6.07, 6.45) is 3.14. The molecule has 0 radical (unpaired) electrons. The number of carbonyl (C=O) groups is 2. The van der Waals surface area contributed by atoms with Crippen LogP contribution in [0, 0.1) is 6.92 Å². The summed E-state index contributed by atoms with van der Waals surface area (Å²) in [6.45, 7) is 8.98. The lowest BCUT2D eigenvalue weighted by Gasteiger charge is -2.12. The molecule has 0 atom stereocenters. The minimum Gasteiger partial charge on any atom is -0.462 e. The number of aromatic nitrogens is 1. The lowest BCUT2D eigenvalue weighted by molar-refractivity contribution is -0.134. The van der Waals surface area contributed by atoms with Gasteiger partial charge >= 0.3 is 11.9 Å². The van der Waals surface area contributed by atoms with Crippen molar-refractivity contribution >= 4 is 33.6 Å². The highest BCUT2D eigenvalue weighted by molar-refractivity contribution is 6.16. The van der Waals surface area contributed by atoms with Gasteiger partial charge in [-0.15, -0.1) is 0 Å². The van der Waals surface area contributed by atoms with Crippen LogP contribution >= 0.6 is 0 Å². The van der Waals surface area contributed by atoms with Gasteiger partial charge in [0.05, 0.1) is 17.7 Å². The molecular weight excluding hydrogens is 366 g/mol. The summed E-state index contributed by atoms with van der Waals surface area (Å²) in [5.74, 6) is -0.118. The standard InChI is InChI=1S/C24H29NO4/c1-5-8-14-25-16(4)22(24(27)28-7-3)19-15-20(29-21(26)11-6-2)17-12-9-10-13-18(17)23(19)25/h9-10,12-13,15H,5-8,11,14H2,1-4H3. The zero-order chi connectivity index (χ0) is 21.0. The Bertz CT molecular complexity index is 1050. The molecule has 0 saturated carbocycles. The smallest absolute Gasteiger partial charge is 0.340 e. The Morgan fingerprint density at radius 2 is 1.72 bits per heavy atom. The Hall–Kier alpha value is -2.82. The fraction of sp³-hybridized carbons (Fsp3) is 0.417. The molecular formula is C24H29NO4. The maximum atomic E-state index is 12.8. The van der Waals surface area contributed by atoms with Gasteiger partial charge in [-0.2, -0.15) is 0 Å². The predicted octanol–water partition coefficient (Wildman–Crippen LogP) is 5.79. The van der Waals surface area contributed by atoms with Crippen LogP contribution in [0.4, 0.5) is 0 Å². The first-order valence-corrected chi connectivity index (χ1v) is 10.5. The zero-order valence-electron chi connectivity index (χ0n) is 17.7. The Kier molecular flexibility index (Phi) is 6.57. The molecule has 0 fully saturated rings. The number of hydrogen-bond donors (Lipinski definition) is 0. The van der Waals surface area contributed by atoms with Crippen LogP contribution in [0.25, 0.3) is 21.7 Å². The number of fused-ring (bicyclic) bond motifs is 3. The van der Waals surface area contributed by atoms with E-state index in [1.165, 1.54) is 0 Å². The van der Waals surface area contributed by atoms with Gasteiger partial charge in [0.1, 0.15) is 5.75 Å². The Labute approximate surface area is 171 Å². The summed E-state index contributed by atoms with van der Waals surface area (Å²) in [4.78, 5) is 25.0. The number of unbranched alkanes of at least 4 members (excludes halogenated alkanes) is 1. The fourth-order valence-electron chi connectivity index (χ4n) is 3.82. The molecule has 0 aliphatic carbocycles. The van der Waals surface area contributed by atoms with E-state index >= 15 is 0 Å². The van der Waals surface area contributed by atoms with E-state index in [4.69, 9.17) is 9.47 Å². The van der Waals surface area contributed by atoms with Crippen LogP contribution < -0.4 is 4.74 Å². The van der Waals surface area contributed by atoms with Gasteiger partial charge in [-0.05, 0) is 32.8 Å². The highest BCUT2D eigenvalue weighted by atomic mass is 16.5. The van der Waals surface area contributed by atoms with Crippen LogP contribution in [0.3, 0.4) is 0 Å². The number of esters is 2. The number of aryl methyl sites for hydroxylation is 1. The molecule has 1 aromatic heterocycles. The average Bonchev–Trinajstić information content (AvgIpc) is 2.98. The minimum atomic E-state index is -0.341. The van der Waals surface area contributed by atoms with Crippen molar-refractivity contribution < 1.29 is 19.1 Å². The van der Waals surface area contributed by atoms with Crippen LogP contribution in [0.15, 0.2) is 30.3 Å². The molecule has 29 heavy (non-hydrogen) atoms. The third-order valence-corrected chi connectivity index (χ3v) is 5.18. The molecule has 0 spiro atoms. The summed E-state index contributed by atoms with van der Waals surface area (Å²) in [5, 5.41) is 2.62. The number of hydrogen-bond acceptors (Lipinski definition) is 4. The lowest BCUT2D eigenvalue weighted by Crippen LogP contribution is -2.08. The van der Waals surface area contributed by atoms with Crippen molar-refractivity contribution in [3.8, 4) is 5.75 Å². The van der Waals surface area contributed by atoms with Crippen molar-refractivity contribution in [3.05, 3.63) is 41.6 Å². The molecule has 0 saturated heterocycles. The highest BCUT2D eigenvalue weighted by Gasteiger charge is 2.24. The van der Waals surface area contributed by atoms with E-state index in [2.05, 4.69) is 11.5 Å². The molecule has 0 N–H and O–H groups in total. The van der Waals surface area contributed by atoms with E-state index in [1.807, 2.05) is 44.2 Å². The van der Waals surface area contributed by atoms with E-state index in [0.29, 0.717) is 24.3 Å². The number of carbonyl (C=O) groups excluding carboxylic acids is 2. The van der Waals surface area contributed by atoms with Crippen molar-refractivity contribution in [2.75, 3.05) is 6.61 Å². The van der Waals surface area contributed by atoms with E-state index < -0.39 is 0 Å². The van der Waals surface area contributed by atoms with Crippen LogP contribution in [0.5, 0.6) is 5.75 Å². The van der Waals surface area contributed by atoms with Gasteiger partial charge in [-0.3, -0.25) is 4.79 Å². The third kappa shape index (κ3) is 4.00. The average molecular weight is 395 g/mol. The monoisotopic (exact) mass is 395 g/mol. The first-order chi connectivity index (χ1) is 14.0. The molecule has 2 aromatic carbocycles. The van der Waals surface area contributed by atoms with Gasteiger partial charge in [-0.1, -0.05) is 44.5 Å². The maximum absolute atomic E-state index is 12.8. The van der Waals surface area contributed by atoms with E-state index in [0.717, 1.165) is 53.2 Å². The quantitative estimate of drug-likeness (QED) is 0.358. The van der Waals surface area contributed by atoms with Gasteiger partial charge in [0.2, 0.25) is 0 Å². The summed E-state index contributed by atoms with van der Waals surface area (Å²) in [7, 11) is 0. The van der Waals surface area contributed by atoms with E-state index in [9.17, 15) is 9.59 Å². The molecule has 5 nitrogen and oxygen atoms in total. The molecule has 3 aromatic rings. The summed E-state index contributed by atoms with van der Waals surface area (Å²) in [5.41, 5.74) is 2.43. The summed E-state index contributed by atoms with van der Waals surface area (Å²) < 4.78 is 13.2. The Balaban J connectivity index is 2.33. The topological polar surface area (TPSA) is 57.5 Å². The van der Waals surface area contributed by atoms with E-state index in [-0.39, 0.29) is 11.9 Å². The normalized spacial score (nSPS) is 11.2. The molecule has 0 unspecified atom stereocenters. The fourth-order valence-corrected chi connectivity index (χ4v) is 3.82. The molecule has 0 aliphatic heterocycles. The SMILES string of the molecule is CCCCn1c(C)c(C(=O)OCC)c2cc(OC(=O)CCC)c3ccccc3c21. The van der Waals surface area contributed by atoms with Crippen molar-refractivity contribution in [1.82, 2.24) is 4.57 Å². The van der Waals surface area contributed by atoms with Crippen molar-refractivity contribution in [2.24, 2.45) is 0 Å². The zero-order valence-corrected chi connectivity index (χ0v) is 17.7. The Morgan fingerprint density at radius 1 is 1.00 bits per heavy atom. The summed E-state index contributed by atoms with van der Waals surface area (Å²) >= 11 is 0.